The number of nitrogens with two attached hydrogens (primary N) is 1. The molecule has 182 valence electrons. The fraction of sp³-hybridized carbons (Fsp3) is 0.542. The molecule has 7 nitrogen and oxygen atoms in total. The molecule has 1 aromatic heterocycles. The molecule has 1 amide bonds. The molecule has 3 N–H and O–H groups in total. The van der Waals surface area contributed by atoms with Crippen LogP contribution in [0.25, 0.3) is 5.82 Å². The van der Waals surface area contributed by atoms with Gasteiger partial charge in [0.2, 0.25) is 0 Å². The van der Waals surface area contributed by atoms with Crippen LogP contribution in [0.2, 0.25) is 0 Å². The number of aromatic nitrogens is 2. The van der Waals surface area contributed by atoms with Gasteiger partial charge in [-0.05, 0) is 32.3 Å². The number of imidazole rings is 1. The molecule has 1 aliphatic carbocycles. The summed E-state index contributed by atoms with van der Waals surface area (Å²) >= 11 is 0. The van der Waals surface area contributed by atoms with Gasteiger partial charge in [0.05, 0.1) is 17.9 Å². The molecule has 0 spiro atoms. The highest BCUT2D eigenvalue weighted by Gasteiger charge is 2.28. The lowest BCUT2D eigenvalue weighted by molar-refractivity contribution is -0.123. The van der Waals surface area contributed by atoms with Crippen molar-refractivity contribution in [2.24, 2.45) is 10.7 Å². The van der Waals surface area contributed by atoms with Gasteiger partial charge in [-0.25, -0.2) is 18.8 Å². The van der Waals surface area contributed by atoms with Gasteiger partial charge in [0.1, 0.15) is 17.9 Å². The van der Waals surface area contributed by atoms with E-state index in [9.17, 15) is 13.6 Å². The smallest absolute Gasteiger partial charge is 0.257 e. The zero-order chi connectivity index (χ0) is 24.4. The second kappa shape index (κ2) is 12.4. The number of hydrogen-bond donors (Lipinski definition) is 2. The number of allylic oxidation sites excluding steroid dienone is 2. The quantitative estimate of drug-likeness (QED) is 0.659. The van der Waals surface area contributed by atoms with Crippen LogP contribution in [0.4, 0.5) is 8.78 Å². The van der Waals surface area contributed by atoms with Crippen LogP contribution in [0.1, 0.15) is 59.3 Å². The minimum atomic E-state index is -2.68. The van der Waals surface area contributed by atoms with E-state index in [0.29, 0.717) is 6.04 Å². The summed E-state index contributed by atoms with van der Waals surface area (Å²) in [5.74, 6) is -1.90. The molecule has 2 heterocycles. The summed E-state index contributed by atoms with van der Waals surface area (Å²) in [6, 6.07) is 0.399. The molecule has 9 heteroatoms. The second-order valence-corrected chi connectivity index (χ2v) is 8.28. The third-order valence-corrected chi connectivity index (χ3v) is 5.44. The minimum absolute atomic E-state index is 0.0241. The van der Waals surface area contributed by atoms with Crippen molar-refractivity contribution >= 4 is 17.4 Å². The summed E-state index contributed by atoms with van der Waals surface area (Å²) in [5.41, 5.74) is 7.00. The third-order valence-electron chi connectivity index (χ3n) is 5.44. The Morgan fingerprint density at radius 2 is 2.03 bits per heavy atom. The Labute approximate surface area is 195 Å². The maximum absolute atomic E-state index is 12.5. The number of amides is 1. The molecule has 33 heavy (non-hydrogen) atoms. The van der Waals surface area contributed by atoms with Crippen molar-refractivity contribution in [2.45, 2.75) is 71.3 Å². The van der Waals surface area contributed by atoms with Crippen molar-refractivity contribution < 1.29 is 13.6 Å². The van der Waals surface area contributed by atoms with Crippen LogP contribution < -0.4 is 11.1 Å². The number of carbonyl (C=O) groups excluding carboxylic acids is 1. The molecule has 3 rings (SSSR count). The predicted molar refractivity (Wildman–Crippen MR) is 129 cm³/mol. The van der Waals surface area contributed by atoms with E-state index < -0.39 is 12.5 Å². The molecule has 0 atom stereocenters. The lowest BCUT2D eigenvalue weighted by Gasteiger charge is -2.31. The fourth-order valence-corrected chi connectivity index (χ4v) is 3.63. The van der Waals surface area contributed by atoms with Crippen molar-refractivity contribution in [3.8, 4) is 0 Å². The second-order valence-electron chi connectivity index (χ2n) is 8.28. The van der Waals surface area contributed by atoms with Gasteiger partial charge in [-0.3, -0.25) is 9.36 Å². The van der Waals surface area contributed by atoms with Gasteiger partial charge in [-0.1, -0.05) is 32.3 Å². The maximum atomic E-state index is 12.5. The fourth-order valence-electron chi connectivity index (χ4n) is 3.63. The van der Waals surface area contributed by atoms with Crippen LogP contribution in [-0.2, 0) is 4.79 Å². The minimum Gasteiger partial charge on any atom is -0.380 e. The molecule has 1 saturated carbocycles. The highest BCUT2D eigenvalue weighted by Crippen LogP contribution is 2.24. The topological polar surface area (TPSA) is 88.5 Å². The highest BCUT2D eigenvalue weighted by atomic mass is 19.3. The lowest BCUT2D eigenvalue weighted by Crippen LogP contribution is -2.41. The van der Waals surface area contributed by atoms with Gasteiger partial charge in [0, 0.05) is 38.5 Å². The largest absolute Gasteiger partial charge is 0.380 e. The first-order valence-electron chi connectivity index (χ1n) is 11.5. The average Bonchev–Trinajstić information content (AvgIpc) is 3.32. The van der Waals surface area contributed by atoms with E-state index in [-0.39, 0.29) is 5.91 Å². The number of alkyl halides is 2. The average molecular weight is 463 g/mol. The number of carbonyl (C=O) groups is 1. The summed E-state index contributed by atoms with van der Waals surface area (Å²) < 4.78 is 24.6. The van der Waals surface area contributed by atoms with Crippen LogP contribution >= 0.6 is 0 Å². The van der Waals surface area contributed by atoms with Gasteiger partial charge >= 0.3 is 0 Å². The van der Waals surface area contributed by atoms with E-state index in [4.69, 9.17) is 4.99 Å². The molecule has 0 radical (unpaired) electrons. The van der Waals surface area contributed by atoms with Gasteiger partial charge in [-0.2, -0.15) is 0 Å². The number of halogens is 2. The summed E-state index contributed by atoms with van der Waals surface area (Å²) in [5, 5.41) is 3.61. The molecule has 2 aliphatic rings. The van der Waals surface area contributed by atoms with Crippen molar-refractivity contribution in [1.82, 2.24) is 19.8 Å². The first-order chi connectivity index (χ1) is 15.7. The van der Waals surface area contributed by atoms with E-state index in [1.165, 1.54) is 19.3 Å². The monoisotopic (exact) mass is 462 g/mol. The number of likely N-dealkylation sites (N-methyl/N-ethyl adjacent to an activating group) is 1. The van der Waals surface area contributed by atoms with E-state index >= 15 is 0 Å². The van der Waals surface area contributed by atoms with E-state index in [1.807, 2.05) is 23.8 Å². The van der Waals surface area contributed by atoms with E-state index in [1.54, 1.807) is 30.5 Å². The standard InChI is InChI=1S/C21H29N5O.C3H7F2N/c1-4-9-19(26-13-12-22-15-26)24-21-17(23-16-10-7-6-8-11-16)14-20(27)25(3)18(21)5-2;1-3(4,5)2-6/h5,9,12-16,23H,4,6-8,10-11H2,1-3H3;2,6H2,1H3/b18-5+,19-9-,24-21-;. The summed E-state index contributed by atoms with van der Waals surface area (Å²) in [7, 11) is 1.79. The SMILES string of the molecule is CC(F)(F)CN.C\C=C1/C(=N\C(=C\CC)n2ccnc2)C(NC2CCCCC2)=CC(=O)N1C. The Bertz CT molecular complexity index is 891. The third kappa shape index (κ3) is 7.92. The molecule has 1 aliphatic heterocycles. The van der Waals surface area contributed by atoms with E-state index in [2.05, 4.69) is 29.0 Å². The van der Waals surface area contributed by atoms with Crippen molar-refractivity contribution in [2.75, 3.05) is 13.6 Å². The highest BCUT2D eigenvalue weighted by molar-refractivity contribution is 6.20. The molecule has 0 bridgehead atoms. The Hall–Kier alpha value is -2.81. The van der Waals surface area contributed by atoms with E-state index in [0.717, 1.165) is 49.1 Å². The zero-order valence-electron chi connectivity index (χ0n) is 20.0. The number of hydrogen-bond acceptors (Lipinski definition) is 5. The number of nitrogens with zero attached hydrogens (tertiary/aromatic N) is 4. The summed E-state index contributed by atoms with van der Waals surface area (Å²) in [6.07, 6.45) is 18.0. The Kier molecular flexibility index (Phi) is 9.96. The Balaban J connectivity index is 0.000000569. The van der Waals surface area contributed by atoms with Crippen molar-refractivity contribution in [3.63, 3.8) is 0 Å². The Morgan fingerprint density at radius 3 is 2.55 bits per heavy atom. The zero-order valence-corrected chi connectivity index (χ0v) is 20.0. The number of nitrogens with one attached hydrogen (secondary N) is 1. The molecule has 1 aromatic rings. The van der Waals surface area contributed by atoms with Gasteiger partial charge < -0.3 is 16.0 Å². The van der Waals surface area contributed by atoms with Gasteiger partial charge in [-0.15, -0.1) is 0 Å². The lowest BCUT2D eigenvalue weighted by atomic mass is 9.94. The number of rotatable bonds is 6. The van der Waals surface area contributed by atoms with Gasteiger partial charge in [0.25, 0.3) is 11.8 Å². The molecule has 0 aromatic carbocycles. The summed E-state index contributed by atoms with van der Waals surface area (Å²) in [4.78, 5) is 23.2. The normalized spacial score (nSPS) is 20.6. The first-order valence-corrected chi connectivity index (χ1v) is 11.5. The van der Waals surface area contributed by atoms with Crippen LogP contribution in [-0.4, -0.2) is 51.6 Å². The molecule has 0 unspecified atom stereocenters. The van der Waals surface area contributed by atoms with Crippen LogP contribution in [0.3, 0.4) is 0 Å². The Morgan fingerprint density at radius 1 is 1.36 bits per heavy atom. The number of aliphatic imine (C=N–C) groups is 1. The van der Waals surface area contributed by atoms with Crippen LogP contribution in [0.15, 0.2) is 53.3 Å². The molecular formula is C24H36F2N6O. The predicted octanol–water partition coefficient (Wildman–Crippen LogP) is 4.31. The summed E-state index contributed by atoms with van der Waals surface area (Å²) in [6.45, 7) is 4.25. The molecule has 0 saturated heterocycles. The van der Waals surface area contributed by atoms with Crippen LogP contribution in [0, 0.1) is 0 Å². The van der Waals surface area contributed by atoms with Crippen molar-refractivity contribution in [1.29, 1.82) is 0 Å². The van der Waals surface area contributed by atoms with Gasteiger partial charge in [0.15, 0.2) is 0 Å². The first kappa shape index (κ1) is 26.4. The molecule has 1 fully saturated rings. The molecular weight excluding hydrogens is 426 g/mol. The van der Waals surface area contributed by atoms with Crippen molar-refractivity contribution in [3.05, 3.63) is 48.3 Å². The maximum Gasteiger partial charge on any atom is 0.257 e. The van der Waals surface area contributed by atoms with Crippen LogP contribution in [0.5, 0.6) is 0 Å².